The fraction of sp³-hybridized carbons (Fsp3) is 0.647. The van der Waals surface area contributed by atoms with Crippen LogP contribution in [0.25, 0.3) is 0 Å². The van der Waals surface area contributed by atoms with Crippen molar-refractivity contribution in [1.82, 2.24) is 5.32 Å². The van der Waals surface area contributed by atoms with Crippen LogP contribution < -0.4 is 5.32 Å². The fourth-order valence-corrected chi connectivity index (χ4v) is 3.53. The van der Waals surface area contributed by atoms with Gasteiger partial charge in [0.1, 0.15) is 0 Å². The normalized spacial score (nSPS) is 16.4. The SMILES string of the molecule is CC(C)(C)[Si](C)(C)OCCNC1Cc2ccccc2C1. The molecule has 0 saturated carbocycles. The van der Waals surface area contributed by atoms with Gasteiger partial charge >= 0.3 is 0 Å². The lowest BCUT2D eigenvalue weighted by Crippen LogP contribution is -2.43. The Morgan fingerprint density at radius 1 is 1.15 bits per heavy atom. The van der Waals surface area contributed by atoms with Gasteiger partial charge in [0, 0.05) is 19.2 Å². The highest BCUT2D eigenvalue weighted by Gasteiger charge is 2.36. The molecule has 0 heterocycles. The van der Waals surface area contributed by atoms with E-state index in [-0.39, 0.29) is 0 Å². The molecule has 0 aromatic heterocycles. The summed E-state index contributed by atoms with van der Waals surface area (Å²) in [6, 6.07) is 9.38. The standard InChI is InChI=1S/C17H29NOSi/c1-17(2,3)20(4,5)19-11-10-18-16-12-14-8-6-7-9-15(14)13-16/h6-9,16,18H,10-13H2,1-5H3. The van der Waals surface area contributed by atoms with Gasteiger partial charge in [-0.25, -0.2) is 0 Å². The maximum absolute atomic E-state index is 6.21. The van der Waals surface area contributed by atoms with Crippen LogP contribution in [0, 0.1) is 0 Å². The average molecular weight is 292 g/mol. The first-order valence-corrected chi connectivity index (χ1v) is 10.6. The highest BCUT2D eigenvalue weighted by Crippen LogP contribution is 2.36. The second-order valence-electron chi connectivity index (χ2n) is 7.44. The lowest BCUT2D eigenvalue weighted by atomic mass is 10.1. The Morgan fingerprint density at radius 3 is 2.20 bits per heavy atom. The van der Waals surface area contributed by atoms with E-state index in [2.05, 4.69) is 63.4 Å². The van der Waals surface area contributed by atoms with Crippen molar-refractivity contribution >= 4 is 8.32 Å². The van der Waals surface area contributed by atoms with Crippen molar-refractivity contribution in [2.75, 3.05) is 13.2 Å². The molecule has 0 bridgehead atoms. The lowest BCUT2D eigenvalue weighted by molar-refractivity contribution is 0.279. The molecule has 0 amide bonds. The molecular weight excluding hydrogens is 262 g/mol. The number of fused-ring (bicyclic) bond motifs is 1. The van der Waals surface area contributed by atoms with Crippen molar-refractivity contribution in [2.45, 2.75) is 57.8 Å². The molecule has 1 aromatic rings. The van der Waals surface area contributed by atoms with Gasteiger partial charge in [0.2, 0.25) is 0 Å². The third-order valence-electron chi connectivity index (χ3n) is 4.86. The Bertz CT molecular complexity index is 426. The molecule has 2 rings (SSSR count). The molecule has 0 spiro atoms. The van der Waals surface area contributed by atoms with E-state index in [1.165, 1.54) is 11.1 Å². The molecule has 20 heavy (non-hydrogen) atoms. The second-order valence-corrected chi connectivity index (χ2v) is 12.2. The number of hydrogen-bond acceptors (Lipinski definition) is 2. The van der Waals surface area contributed by atoms with Crippen LogP contribution >= 0.6 is 0 Å². The molecule has 0 saturated heterocycles. The summed E-state index contributed by atoms with van der Waals surface area (Å²) in [4.78, 5) is 0. The van der Waals surface area contributed by atoms with Crippen LogP contribution in [-0.4, -0.2) is 27.5 Å². The van der Waals surface area contributed by atoms with Crippen molar-refractivity contribution in [3.05, 3.63) is 35.4 Å². The van der Waals surface area contributed by atoms with Crippen LogP contribution in [0.2, 0.25) is 18.1 Å². The summed E-state index contributed by atoms with van der Waals surface area (Å²) in [5.41, 5.74) is 3.02. The third-order valence-corrected chi connectivity index (χ3v) is 9.39. The van der Waals surface area contributed by atoms with Crippen LogP contribution in [0.4, 0.5) is 0 Å². The molecule has 1 aliphatic carbocycles. The van der Waals surface area contributed by atoms with E-state index >= 15 is 0 Å². The Hall–Kier alpha value is -0.643. The largest absolute Gasteiger partial charge is 0.416 e. The van der Waals surface area contributed by atoms with Crippen molar-refractivity contribution in [2.24, 2.45) is 0 Å². The first-order chi connectivity index (χ1) is 9.29. The van der Waals surface area contributed by atoms with E-state index in [1.807, 2.05) is 0 Å². The molecule has 0 fully saturated rings. The van der Waals surface area contributed by atoms with Crippen molar-refractivity contribution in [3.8, 4) is 0 Å². The minimum atomic E-state index is -1.59. The Kier molecular flexibility index (Phi) is 4.72. The Morgan fingerprint density at radius 2 is 1.70 bits per heavy atom. The van der Waals surface area contributed by atoms with Crippen molar-refractivity contribution in [1.29, 1.82) is 0 Å². The van der Waals surface area contributed by atoms with Crippen LogP contribution in [0.15, 0.2) is 24.3 Å². The average Bonchev–Trinajstić information content (AvgIpc) is 2.76. The highest BCUT2D eigenvalue weighted by atomic mass is 28.4. The molecule has 1 aliphatic rings. The zero-order chi connectivity index (χ0) is 14.8. The molecule has 2 nitrogen and oxygen atoms in total. The second kappa shape index (κ2) is 6.00. The highest BCUT2D eigenvalue weighted by molar-refractivity contribution is 6.74. The van der Waals surface area contributed by atoms with Crippen LogP contribution in [0.3, 0.4) is 0 Å². The van der Waals surface area contributed by atoms with Gasteiger partial charge < -0.3 is 9.74 Å². The molecule has 0 aliphatic heterocycles. The van der Waals surface area contributed by atoms with Gasteiger partial charge in [-0.1, -0.05) is 45.0 Å². The molecule has 0 unspecified atom stereocenters. The first kappa shape index (κ1) is 15.7. The van der Waals surface area contributed by atoms with Gasteiger partial charge in [0.25, 0.3) is 0 Å². The monoisotopic (exact) mass is 291 g/mol. The van der Waals surface area contributed by atoms with Gasteiger partial charge in [0.15, 0.2) is 8.32 Å². The van der Waals surface area contributed by atoms with Gasteiger partial charge in [-0.05, 0) is 42.1 Å². The van der Waals surface area contributed by atoms with Crippen molar-refractivity contribution < 1.29 is 4.43 Å². The van der Waals surface area contributed by atoms with Gasteiger partial charge in [-0.3, -0.25) is 0 Å². The van der Waals surface area contributed by atoms with Crippen LogP contribution in [0.1, 0.15) is 31.9 Å². The van der Waals surface area contributed by atoms with E-state index < -0.39 is 8.32 Å². The minimum absolute atomic E-state index is 0.302. The summed E-state index contributed by atoms with van der Waals surface area (Å²) in [6.45, 7) is 13.3. The molecule has 1 aromatic carbocycles. The zero-order valence-electron chi connectivity index (χ0n) is 13.6. The topological polar surface area (TPSA) is 21.3 Å². The van der Waals surface area contributed by atoms with E-state index in [4.69, 9.17) is 4.43 Å². The summed E-state index contributed by atoms with van der Waals surface area (Å²) >= 11 is 0. The quantitative estimate of drug-likeness (QED) is 0.659. The lowest BCUT2D eigenvalue weighted by Gasteiger charge is -2.36. The number of nitrogens with one attached hydrogen (secondary N) is 1. The fourth-order valence-electron chi connectivity index (χ4n) is 2.49. The summed E-state index contributed by atoms with van der Waals surface area (Å²) in [7, 11) is -1.59. The smallest absolute Gasteiger partial charge is 0.192 e. The predicted molar refractivity (Wildman–Crippen MR) is 88.8 cm³/mol. The van der Waals surface area contributed by atoms with E-state index in [1.54, 1.807) is 0 Å². The Labute approximate surface area is 125 Å². The maximum Gasteiger partial charge on any atom is 0.192 e. The van der Waals surface area contributed by atoms with Gasteiger partial charge in [-0.2, -0.15) is 0 Å². The third kappa shape index (κ3) is 3.71. The van der Waals surface area contributed by atoms with E-state index in [9.17, 15) is 0 Å². The van der Waals surface area contributed by atoms with E-state index in [0.29, 0.717) is 11.1 Å². The molecule has 1 N–H and O–H groups in total. The number of hydrogen-bond donors (Lipinski definition) is 1. The number of rotatable bonds is 5. The zero-order valence-corrected chi connectivity index (χ0v) is 14.6. The summed E-state index contributed by atoms with van der Waals surface area (Å²) in [5.74, 6) is 0. The predicted octanol–water partition coefficient (Wildman–Crippen LogP) is 3.77. The summed E-state index contributed by atoms with van der Waals surface area (Å²) in [5, 5.41) is 3.95. The van der Waals surface area contributed by atoms with Crippen LogP contribution in [0.5, 0.6) is 0 Å². The summed E-state index contributed by atoms with van der Waals surface area (Å²) < 4.78 is 6.21. The van der Waals surface area contributed by atoms with Gasteiger partial charge in [0.05, 0.1) is 0 Å². The first-order valence-electron chi connectivity index (χ1n) is 7.74. The molecule has 112 valence electrons. The summed E-state index contributed by atoms with van der Waals surface area (Å²) in [6.07, 6.45) is 2.33. The maximum atomic E-state index is 6.21. The molecule has 0 atom stereocenters. The molecular formula is C17H29NOSi. The van der Waals surface area contributed by atoms with Crippen LogP contribution in [-0.2, 0) is 17.3 Å². The number of benzene rings is 1. The molecule has 3 heteroatoms. The van der Waals surface area contributed by atoms with E-state index in [0.717, 1.165) is 26.0 Å². The Balaban J connectivity index is 1.71. The van der Waals surface area contributed by atoms with Gasteiger partial charge in [-0.15, -0.1) is 0 Å². The van der Waals surface area contributed by atoms with Crippen molar-refractivity contribution in [3.63, 3.8) is 0 Å². The molecule has 0 radical (unpaired) electrons. The minimum Gasteiger partial charge on any atom is -0.416 e.